The molecule has 0 aliphatic rings. The summed E-state index contributed by atoms with van der Waals surface area (Å²) in [5.41, 5.74) is 10.3. The minimum atomic E-state index is -4.57. The Balaban J connectivity index is 1.87. The average Bonchev–Trinajstić information content (AvgIpc) is 3.07. The van der Waals surface area contributed by atoms with E-state index in [-0.39, 0.29) is 12.8 Å². The van der Waals surface area contributed by atoms with E-state index in [9.17, 15) is 23.9 Å². The Hall–Kier alpha value is -3.51. The van der Waals surface area contributed by atoms with Gasteiger partial charge in [0.05, 0.1) is 12.1 Å². The second-order valence-electron chi connectivity index (χ2n) is 8.60. The number of aromatic nitrogens is 1. The molecule has 35 heavy (non-hydrogen) atoms. The van der Waals surface area contributed by atoms with E-state index in [1.54, 1.807) is 18.2 Å². The minimum Gasteiger partial charge on any atom is -0.369 e. The summed E-state index contributed by atoms with van der Waals surface area (Å²) in [6.45, 7) is 2.44. The summed E-state index contributed by atoms with van der Waals surface area (Å²) in [7, 11) is -4.57. The van der Waals surface area contributed by atoms with Crippen LogP contribution in [0.3, 0.4) is 0 Å². The molecule has 1 heterocycles. The van der Waals surface area contributed by atoms with E-state index < -0.39 is 19.2 Å². The highest BCUT2D eigenvalue weighted by atomic mass is 31.2. The van der Waals surface area contributed by atoms with Gasteiger partial charge in [-0.3, -0.25) is 9.36 Å². The highest BCUT2D eigenvalue weighted by Crippen LogP contribution is 2.53. The lowest BCUT2D eigenvalue weighted by atomic mass is 9.99. The number of carbonyl (C=O) groups is 2. The number of hydrogen-bond acceptors (Lipinski definition) is 3. The topological polar surface area (TPSA) is 123 Å². The van der Waals surface area contributed by atoms with Gasteiger partial charge in [-0.1, -0.05) is 60.7 Å². The van der Waals surface area contributed by atoms with Crippen molar-refractivity contribution < 1.29 is 23.9 Å². The van der Waals surface area contributed by atoms with Crippen molar-refractivity contribution in [2.24, 2.45) is 5.73 Å². The van der Waals surface area contributed by atoms with Crippen LogP contribution in [0.2, 0.25) is 0 Å². The number of nitrogens with zero attached hydrogens (tertiary/aromatic N) is 1. The van der Waals surface area contributed by atoms with Gasteiger partial charge in [-0.25, -0.2) is 0 Å². The fourth-order valence-electron chi connectivity index (χ4n) is 4.66. The summed E-state index contributed by atoms with van der Waals surface area (Å²) in [6.07, 6.45) is 0.202. The molecule has 180 valence electrons. The Kier molecular flexibility index (Phi) is 7.03. The lowest BCUT2D eigenvalue weighted by Crippen LogP contribution is -2.14. The molecule has 7 nitrogen and oxygen atoms in total. The molecule has 4 N–H and O–H groups in total. The number of hydrogen-bond donors (Lipinski definition) is 3. The third-order valence-corrected chi connectivity index (χ3v) is 7.69. The Bertz CT molecular complexity index is 1440. The highest BCUT2D eigenvalue weighted by molar-refractivity contribution is 7.52. The van der Waals surface area contributed by atoms with Crippen molar-refractivity contribution in [2.45, 2.75) is 32.0 Å². The summed E-state index contributed by atoms with van der Waals surface area (Å²) >= 11 is 0. The Labute approximate surface area is 203 Å². The summed E-state index contributed by atoms with van der Waals surface area (Å²) < 4.78 is 14.2. The van der Waals surface area contributed by atoms with Gasteiger partial charge in [0.1, 0.15) is 6.29 Å². The normalized spacial score (nSPS) is 12.5. The third-order valence-electron chi connectivity index (χ3n) is 6.37. The predicted octanol–water partition coefficient (Wildman–Crippen LogP) is 4.50. The molecule has 0 aliphatic carbocycles. The van der Waals surface area contributed by atoms with Gasteiger partial charge in [-0.2, -0.15) is 0 Å². The van der Waals surface area contributed by atoms with Crippen molar-refractivity contribution in [1.29, 1.82) is 0 Å². The lowest BCUT2D eigenvalue weighted by molar-refractivity contribution is -0.117. The van der Waals surface area contributed by atoms with E-state index in [2.05, 4.69) is 28.8 Å². The second-order valence-corrected chi connectivity index (χ2v) is 10.4. The molecule has 0 saturated carbocycles. The molecule has 8 heteroatoms. The first-order chi connectivity index (χ1) is 16.7. The van der Waals surface area contributed by atoms with E-state index in [1.807, 2.05) is 37.3 Å². The first-order valence-corrected chi connectivity index (χ1v) is 12.9. The number of amides is 1. The Morgan fingerprint density at radius 1 is 1.06 bits per heavy atom. The quantitative estimate of drug-likeness (QED) is 0.236. The smallest absolute Gasteiger partial charge is 0.333 e. The molecule has 0 saturated heterocycles. The maximum atomic E-state index is 12.1. The van der Waals surface area contributed by atoms with Crippen LogP contribution in [0.15, 0.2) is 72.8 Å². The number of fused-ring (bicyclic) bond motifs is 1. The number of nitrogens with two attached hydrogens (primary N) is 1. The van der Waals surface area contributed by atoms with Crippen molar-refractivity contribution in [1.82, 2.24) is 4.57 Å². The van der Waals surface area contributed by atoms with Crippen LogP contribution in [0.1, 0.15) is 34.5 Å². The molecule has 0 bridgehead atoms. The van der Waals surface area contributed by atoms with Gasteiger partial charge in [0.2, 0.25) is 5.91 Å². The fourth-order valence-corrected chi connectivity index (χ4v) is 5.57. The van der Waals surface area contributed by atoms with Gasteiger partial charge in [0, 0.05) is 29.6 Å². The van der Waals surface area contributed by atoms with Gasteiger partial charge in [0.15, 0.2) is 0 Å². The molecule has 1 amide bonds. The number of benzene rings is 3. The molecule has 0 aliphatic heterocycles. The van der Waals surface area contributed by atoms with Gasteiger partial charge in [-0.15, -0.1) is 0 Å². The molecule has 3 aromatic carbocycles. The van der Waals surface area contributed by atoms with Crippen molar-refractivity contribution >= 4 is 30.7 Å². The average molecular weight is 490 g/mol. The van der Waals surface area contributed by atoms with Crippen molar-refractivity contribution in [3.05, 3.63) is 95.2 Å². The van der Waals surface area contributed by atoms with E-state index >= 15 is 0 Å². The maximum Gasteiger partial charge on any atom is 0.333 e. The Morgan fingerprint density at radius 3 is 2.40 bits per heavy atom. The monoisotopic (exact) mass is 490 g/mol. The maximum absolute atomic E-state index is 12.1. The van der Waals surface area contributed by atoms with E-state index in [4.69, 9.17) is 5.73 Å². The lowest BCUT2D eigenvalue weighted by Gasteiger charge is -2.17. The molecule has 1 unspecified atom stereocenters. The number of rotatable bonds is 9. The van der Waals surface area contributed by atoms with Crippen molar-refractivity contribution in [3.8, 4) is 11.1 Å². The van der Waals surface area contributed by atoms with Crippen LogP contribution in [0.25, 0.3) is 22.0 Å². The SMILES string of the molecule is Cc1c(CC(N)=O)c2cc(C(CC=O)P(=O)(O)O)ccc2n1Cc1ccccc1-c1ccccc1. The zero-order chi connectivity index (χ0) is 25.2. The van der Waals surface area contributed by atoms with Gasteiger partial charge in [0.25, 0.3) is 0 Å². The Morgan fingerprint density at radius 2 is 1.74 bits per heavy atom. The number of carbonyl (C=O) groups excluding carboxylic acids is 2. The van der Waals surface area contributed by atoms with Crippen LogP contribution in [-0.2, 0) is 27.1 Å². The van der Waals surface area contributed by atoms with Gasteiger partial charge in [-0.05, 0) is 46.9 Å². The second kappa shape index (κ2) is 10.0. The van der Waals surface area contributed by atoms with E-state index in [0.717, 1.165) is 27.9 Å². The van der Waals surface area contributed by atoms with Crippen molar-refractivity contribution in [2.75, 3.05) is 0 Å². The van der Waals surface area contributed by atoms with Crippen LogP contribution in [-0.4, -0.2) is 26.5 Å². The first-order valence-electron chi connectivity index (χ1n) is 11.2. The molecule has 1 aromatic heterocycles. The fraction of sp³-hybridized carbons (Fsp3) is 0.185. The van der Waals surface area contributed by atoms with E-state index in [1.165, 1.54) is 0 Å². The molecule has 4 rings (SSSR count). The zero-order valence-corrected chi connectivity index (χ0v) is 20.2. The number of primary amides is 1. The van der Waals surface area contributed by atoms with Crippen LogP contribution in [0.4, 0.5) is 0 Å². The van der Waals surface area contributed by atoms with Gasteiger partial charge < -0.3 is 24.9 Å². The predicted molar refractivity (Wildman–Crippen MR) is 136 cm³/mol. The molecular formula is C27H27N2O5P. The van der Waals surface area contributed by atoms with Crippen LogP contribution in [0, 0.1) is 6.92 Å². The molecular weight excluding hydrogens is 463 g/mol. The molecule has 0 radical (unpaired) electrons. The minimum absolute atomic E-state index is 0.00657. The standard InChI is InChI=1S/C27H27N2O5P/c1-18-23(16-27(28)31)24-15-20(26(13-14-30)35(32,33)34)11-12-25(24)29(18)17-21-9-5-6-10-22(21)19-7-3-2-4-8-19/h2-12,14-15,26H,13,16-17H2,1H3,(H2,28,31)(H2,32,33,34). The summed E-state index contributed by atoms with van der Waals surface area (Å²) in [5.74, 6) is -0.498. The van der Waals surface area contributed by atoms with Crippen LogP contribution >= 0.6 is 7.60 Å². The molecule has 4 aromatic rings. The first kappa shape index (κ1) is 24.6. The largest absolute Gasteiger partial charge is 0.369 e. The van der Waals surface area contributed by atoms with Crippen LogP contribution < -0.4 is 5.73 Å². The van der Waals surface area contributed by atoms with Crippen LogP contribution in [0.5, 0.6) is 0 Å². The van der Waals surface area contributed by atoms with Gasteiger partial charge >= 0.3 is 7.60 Å². The third kappa shape index (κ3) is 5.13. The molecule has 1 atom stereocenters. The van der Waals surface area contributed by atoms with E-state index in [0.29, 0.717) is 29.3 Å². The highest BCUT2D eigenvalue weighted by Gasteiger charge is 2.31. The summed E-state index contributed by atoms with van der Waals surface area (Å²) in [4.78, 5) is 42.6. The van der Waals surface area contributed by atoms with Crippen molar-refractivity contribution in [3.63, 3.8) is 0 Å². The molecule has 0 spiro atoms. The summed E-state index contributed by atoms with van der Waals surface area (Å²) in [6, 6.07) is 23.3. The zero-order valence-electron chi connectivity index (χ0n) is 19.3. The summed E-state index contributed by atoms with van der Waals surface area (Å²) in [5, 5.41) is 0.695. The number of aldehydes is 1. The molecule has 0 fully saturated rings.